The van der Waals surface area contributed by atoms with E-state index >= 15 is 0 Å². The molecule has 2 aromatic carbocycles. The first-order valence-corrected chi connectivity index (χ1v) is 9.50. The Morgan fingerprint density at radius 1 is 1.08 bits per heavy atom. The van der Waals surface area contributed by atoms with Gasteiger partial charge in [0, 0.05) is 11.5 Å². The van der Waals surface area contributed by atoms with Crippen LogP contribution < -0.4 is 4.74 Å². The average molecular weight is 397 g/mol. The van der Waals surface area contributed by atoms with Crippen LogP contribution in [0, 0.1) is 11.2 Å². The molecule has 2 aromatic rings. The van der Waals surface area contributed by atoms with Crippen LogP contribution in [0.25, 0.3) is 0 Å². The van der Waals surface area contributed by atoms with Crippen molar-refractivity contribution in [2.45, 2.75) is 32.6 Å². The summed E-state index contributed by atoms with van der Waals surface area (Å²) in [6, 6.07) is 10.7. The van der Waals surface area contributed by atoms with Gasteiger partial charge >= 0.3 is 0 Å². The van der Waals surface area contributed by atoms with Gasteiger partial charge in [0.25, 0.3) is 0 Å². The lowest BCUT2D eigenvalue weighted by molar-refractivity contribution is -0.120. The molecule has 5 heteroatoms. The van der Waals surface area contributed by atoms with Crippen LogP contribution >= 0.6 is 23.2 Å². The fourth-order valence-corrected chi connectivity index (χ4v) is 3.42. The number of hydrogen-bond donors (Lipinski definition) is 0. The SMILES string of the molecule is CC(c1ccc(Cl)c(Cl)c1)C(C)c1ccc(OCC2(C)COC2)cc1F. The highest BCUT2D eigenvalue weighted by molar-refractivity contribution is 6.42. The lowest BCUT2D eigenvalue weighted by Crippen LogP contribution is -2.44. The van der Waals surface area contributed by atoms with Gasteiger partial charge in [-0.05, 0) is 41.2 Å². The molecule has 0 radical (unpaired) electrons. The Kier molecular flexibility index (Phi) is 5.81. The van der Waals surface area contributed by atoms with Gasteiger partial charge < -0.3 is 9.47 Å². The smallest absolute Gasteiger partial charge is 0.130 e. The normalized spacial score (nSPS) is 18.1. The Hall–Kier alpha value is -1.29. The Morgan fingerprint density at radius 2 is 1.81 bits per heavy atom. The monoisotopic (exact) mass is 396 g/mol. The minimum atomic E-state index is -0.253. The van der Waals surface area contributed by atoms with Crippen molar-refractivity contribution in [3.63, 3.8) is 0 Å². The van der Waals surface area contributed by atoms with E-state index in [0.717, 1.165) is 5.56 Å². The summed E-state index contributed by atoms with van der Waals surface area (Å²) in [7, 11) is 0. The van der Waals surface area contributed by atoms with Crippen LogP contribution in [-0.4, -0.2) is 19.8 Å². The second kappa shape index (κ2) is 7.75. The van der Waals surface area contributed by atoms with E-state index in [1.807, 2.05) is 31.2 Å². The van der Waals surface area contributed by atoms with E-state index in [-0.39, 0.29) is 23.1 Å². The molecule has 0 amide bonds. The van der Waals surface area contributed by atoms with E-state index in [9.17, 15) is 4.39 Å². The van der Waals surface area contributed by atoms with Crippen molar-refractivity contribution in [2.75, 3.05) is 19.8 Å². The van der Waals surface area contributed by atoms with Crippen LogP contribution in [-0.2, 0) is 4.74 Å². The van der Waals surface area contributed by atoms with Crippen molar-refractivity contribution in [3.8, 4) is 5.75 Å². The number of hydrogen-bond acceptors (Lipinski definition) is 2. The number of ether oxygens (including phenoxy) is 2. The van der Waals surface area contributed by atoms with E-state index in [1.54, 1.807) is 6.07 Å². The maximum absolute atomic E-state index is 14.7. The molecule has 2 atom stereocenters. The first-order chi connectivity index (χ1) is 12.3. The van der Waals surface area contributed by atoms with Crippen LogP contribution in [0.5, 0.6) is 5.75 Å². The van der Waals surface area contributed by atoms with Gasteiger partial charge in [-0.2, -0.15) is 0 Å². The largest absolute Gasteiger partial charge is 0.493 e. The molecule has 1 saturated heterocycles. The second-order valence-corrected chi connectivity index (χ2v) is 8.34. The lowest BCUT2D eigenvalue weighted by atomic mass is 9.84. The van der Waals surface area contributed by atoms with Crippen molar-refractivity contribution in [2.24, 2.45) is 5.41 Å². The predicted molar refractivity (Wildman–Crippen MR) is 104 cm³/mol. The molecule has 0 N–H and O–H groups in total. The van der Waals surface area contributed by atoms with Gasteiger partial charge in [0.15, 0.2) is 0 Å². The van der Waals surface area contributed by atoms with Crippen molar-refractivity contribution in [3.05, 3.63) is 63.4 Å². The molecule has 2 nitrogen and oxygen atoms in total. The number of halogens is 3. The molecule has 0 aliphatic carbocycles. The summed E-state index contributed by atoms with van der Waals surface area (Å²) >= 11 is 12.1. The first-order valence-electron chi connectivity index (χ1n) is 8.74. The van der Waals surface area contributed by atoms with E-state index in [2.05, 4.69) is 13.8 Å². The highest BCUT2D eigenvalue weighted by Crippen LogP contribution is 2.37. The summed E-state index contributed by atoms with van der Waals surface area (Å²) in [5.74, 6) is 0.376. The highest BCUT2D eigenvalue weighted by atomic mass is 35.5. The van der Waals surface area contributed by atoms with Crippen LogP contribution in [0.15, 0.2) is 36.4 Å². The molecule has 0 aromatic heterocycles. The quantitative estimate of drug-likeness (QED) is 0.557. The van der Waals surface area contributed by atoms with Gasteiger partial charge in [0.2, 0.25) is 0 Å². The lowest BCUT2D eigenvalue weighted by Gasteiger charge is -2.37. The standard InChI is InChI=1S/C21H23Cl2FO2/c1-13(15-4-7-18(22)19(23)8-15)14(2)17-6-5-16(9-20(17)24)26-12-21(3)10-25-11-21/h4-9,13-14H,10-12H2,1-3H3. The molecule has 26 heavy (non-hydrogen) atoms. The molecule has 2 unspecified atom stereocenters. The maximum Gasteiger partial charge on any atom is 0.130 e. The predicted octanol–water partition coefficient (Wildman–Crippen LogP) is 6.46. The summed E-state index contributed by atoms with van der Waals surface area (Å²) in [5, 5.41) is 1.04. The summed E-state index contributed by atoms with van der Waals surface area (Å²) in [4.78, 5) is 0. The molecule has 1 heterocycles. The molecule has 1 aliphatic heterocycles. The van der Waals surface area contributed by atoms with Crippen LogP contribution in [0.4, 0.5) is 4.39 Å². The van der Waals surface area contributed by atoms with Gasteiger partial charge in [-0.25, -0.2) is 4.39 Å². The summed E-state index contributed by atoms with van der Waals surface area (Å²) < 4.78 is 25.6. The van der Waals surface area contributed by atoms with Crippen molar-refractivity contribution >= 4 is 23.2 Å². The van der Waals surface area contributed by atoms with E-state index in [0.29, 0.717) is 41.2 Å². The molecule has 1 aliphatic rings. The molecular formula is C21H23Cl2FO2. The molecule has 1 fully saturated rings. The summed E-state index contributed by atoms with van der Waals surface area (Å²) in [5.41, 5.74) is 1.73. The zero-order valence-electron chi connectivity index (χ0n) is 15.2. The third-order valence-electron chi connectivity index (χ3n) is 5.17. The molecule has 0 spiro atoms. The zero-order chi connectivity index (χ0) is 18.9. The zero-order valence-corrected chi connectivity index (χ0v) is 16.7. The van der Waals surface area contributed by atoms with Gasteiger partial charge in [0.1, 0.15) is 11.6 Å². The minimum Gasteiger partial charge on any atom is -0.493 e. The molecule has 0 bridgehead atoms. The van der Waals surface area contributed by atoms with Crippen LogP contribution in [0.1, 0.15) is 43.7 Å². The molecular weight excluding hydrogens is 374 g/mol. The Bertz CT molecular complexity index is 790. The van der Waals surface area contributed by atoms with Gasteiger partial charge in [-0.15, -0.1) is 0 Å². The summed E-state index contributed by atoms with van der Waals surface area (Å²) in [6.45, 7) is 8.07. The highest BCUT2D eigenvalue weighted by Gasteiger charge is 2.34. The van der Waals surface area contributed by atoms with Gasteiger partial charge in [-0.3, -0.25) is 0 Å². The number of rotatable bonds is 6. The van der Waals surface area contributed by atoms with Crippen LogP contribution in [0.2, 0.25) is 10.0 Å². The van der Waals surface area contributed by atoms with E-state index in [4.69, 9.17) is 32.7 Å². The number of benzene rings is 2. The Balaban J connectivity index is 1.72. The third kappa shape index (κ3) is 4.16. The van der Waals surface area contributed by atoms with E-state index < -0.39 is 0 Å². The van der Waals surface area contributed by atoms with Crippen molar-refractivity contribution in [1.82, 2.24) is 0 Å². The van der Waals surface area contributed by atoms with Gasteiger partial charge in [-0.1, -0.05) is 56.1 Å². The molecule has 3 rings (SSSR count). The minimum absolute atomic E-state index is 0.0150. The van der Waals surface area contributed by atoms with Crippen molar-refractivity contribution in [1.29, 1.82) is 0 Å². The first kappa shape index (κ1) is 19.5. The van der Waals surface area contributed by atoms with E-state index in [1.165, 1.54) is 6.07 Å². The second-order valence-electron chi connectivity index (χ2n) is 7.53. The molecule has 140 valence electrons. The van der Waals surface area contributed by atoms with Gasteiger partial charge in [0.05, 0.1) is 29.9 Å². The Morgan fingerprint density at radius 3 is 2.38 bits per heavy atom. The van der Waals surface area contributed by atoms with Crippen molar-refractivity contribution < 1.29 is 13.9 Å². The fourth-order valence-electron chi connectivity index (χ4n) is 3.11. The maximum atomic E-state index is 14.7. The Labute approximate surface area is 164 Å². The fraction of sp³-hybridized carbons (Fsp3) is 0.429. The average Bonchev–Trinajstić information content (AvgIpc) is 2.59. The summed E-state index contributed by atoms with van der Waals surface area (Å²) in [6.07, 6.45) is 0. The molecule has 0 saturated carbocycles. The third-order valence-corrected chi connectivity index (χ3v) is 5.91. The topological polar surface area (TPSA) is 18.5 Å². The van der Waals surface area contributed by atoms with Crippen LogP contribution in [0.3, 0.4) is 0 Å².